The van der Waals surface area contributed by atoms with Crippen LogP contribution in [0.15, 0.2) is 0 Å². The molecular weight excluding hydrogens is 453 g/mol. The summed E-state index contributed by atoms with van der Waals surface area (Å²) in [7, 11) is 0. The second-order valence-electron chi connectivity index (χ2n) is 8.92. The Hall–Kier alpha value is 0.880. The highest BCUT2D eigenvalue weighted by Gasteiger charge is 2.02. The Morgan fingerprint density at radius 1 is 0.562 bits per heavy atom. The van der Waals surface area contributed by atoms with Crippen molar-refractivity contribution in [3.05, 3.63) is 0 Å². The average molecular weight is 512 g/mol. The van der Waals surface area contributed by atoms with E-state index in [1.165, 1.54) is 110 Å². The van der Waals surface area contributed by atoms with Crippen molar-refractivity contribution >= 4 is 29.7 Å². The van der Waals surface area contributed by atoms with Crippen LogP contribution in [0.25, 0.3) is 0 Å². The van der Waals surface area contributed by atoms with Gasteiger partial charge < -0.3 is 26.2 Å². The predicted molar refractivity (Wildman–Crippen MR) is 151 cm³/mol. The Kier molecular flexibility index (Phi) is 30.8. The van der Waals surface area contributed by atoms with Gasteiger partial charge in [-0.1, -0.05) is 110 Å². The highest BCUT2D eigenvalue weighted by Crippen LogP contribution is 2.46. The fourth-order valence-electron chi connectivity index (χ4n) is 3.56. The van der Waals surface area contributed by atoms with Crippen LogP contribution in [0.2, 0.25) is 0 Å². The predicted octanol–water partition coefficient (Wildman–Crippen LogP) is 8.00. The molecule has 0 aliphatic heterocycles. The van der Waals surface area contributed by atoms with Crippen LogP contribution >= 0.6 is 5.69 Å². The fourth-order valence-corrected chi connectivity index (χ4v) is 5.23. The second-order valence-corrected chi connectivity index (χ2v) is 13.9. The van der Waals surface area contributed by atoms with E-state index in [0.29, 0.717) is 13.2 Å². The number of hydrogen-bond donors (Lipinski definition) is 1. The number of nitrogens with one attached hydrogen (secondary N) is 1. The van der Waals surface area contributed by atoms with E-state index in [4.69, 9.17) is 33.1 Å². The highest BCUT2D eigenvalue weighted by atomic mass is 32.9. The van der Waals surface area contributed by atoms with E-state index in [9.17, 15) is 0 Å². The first-order chi connectivity index (χ1) is 15.5. The molecule has 0 fully saturated rings. The minimum Gasteiger partial charge on any atom is -0.691 e. The Bertz CT molecular complexity index is 374. The van der Waals surface area contributed by atoms with E-state index in [0.717, 1.165) is 12.8 Å². The number of unbranched alkanes of at least 4 members (excludes halogenated alkanes) is 13. The summed E-state index contributed by atoms with van der Waals surface area (Å²) in [4.78, 5) is 1.75. The van der Waals surface area contributed by atoms with Crippen LogP contribution in [0.4, 0.5) is 0 Å². The van der Waals surface area contributed by atoms with Gasteiger partial charge in [0.15, 0.2) is 0 Å². The van der Waals surface area contributed by atoms with Gasteiger partial charge in [0, 0.05) is 0 Å². The molecule has 1 N–H and O–H groups in total. The van der Waals surface area contributed by atoms with Crippen LogP contribution in [-0.4, -0.2) is 32.8 Å². The van der Waals surface area contributed by atoms with Gasteiger partial charge in [0.05, 0.1) is 38.5 Å². The molecule has 0 radical (unpaired) electrons. The maximum Gasteiger partial charge on any atom is 0.0770 e. The summed E-state index contributed by atoms with van der Waals surface area (Å²) in [6.07, 6.45) is 20.6. The van der Waals surface area contributed by atoms with Crippen LogP contribution in [0.1, 0.15) is 137 Å². The van der Waals surface area contributed by atoms with Gasteiger partial charge in [-0.05, 0) is 39.5 Å². The zero-order valence-electron chi connectivity index (χ0n) is 22.4. The molecule has 32 heavy (non-hydrogen) atoms. The normalized spacial score (nSPS) is 11.6. The molecule has 3 nitrogen and oxygen atoms in total. The molecule has 0 aromatic heterocycles. The monoisotopic (exact) mass is 511 g/mol. The van der Waals surface area contributed by atoms with Gasteiger partial charge in [-0.15, -0.1) is 0 Å². The molecule has 0 aliphatic carbocycles. The lowest BCUT2D eigenvalue weighted by Gasteiger charge is -2.28. The zero-order valence-corrected chi connectivity index (χ0v) is 25.0. The lowest BCUT2D eigenvalue weighted by atomic mass is 10.1. The van der Waals surface area contributed by atoms with Crippen molar-refractivity contribution in [3.63, 3.8) is 0 Å². The molecule has 0 unspecified atom stereocenters. The first kappa shape index (κ1) is 35.0. The van der Waals surface area contributed by atoms with Crippen molar-refractivity contribution in [2.24, 2.45) is 0 Å². The number of hydrogen-bond acceptors (Lipinski definition) is 4. The molecular formula is C26H58NO2PS2. The standard InChI is InChI=1S/C16H35O2PS2.C10H23N/c1-3-5-7-9-11-13-15-17-19(20,21)18-16-14-12-10-8-6-4-2;1-4-7-8-9-10-11(5-2)6-3/h3-16H2,1-2H3,(H,20,21);4-10H2,1-3H3. The minimum atomic E-state index is -2.40. The third-order valence-electron chi connectivity index (χ3n) is 5.88. The van der Waals surface area contributed by atoms with Crippen molar-refractivity contribution in [2.45, 2.75) is 137 Å². The molecule has 0 bridgehead atoms. The molecule has 0 aromatic carbocycles. The largest absolute Gasteiger partial charge is 0.691 e. The van der Waals surface area contributed by atoms with Crippen LogP contribution in [0.5, 0.6) is 0 Å². The van der Waals surface area contributed by atoms with Gasteiger partial charge in [-0.3, -0.25) is 0 Å². The molecule has 0 heterocycles. The summed E-state index contributed by atoms with van der Waals surface area (Å²) in [5.74, 6) is 0. The van der Waals surface area contributed by atoms with Gasteiger partial charge in [0.1, 0.15) is 0 Å². The summed E-state index contributed by atoms with van der Waals surface area (Å²) < 4.78 is 11.2. The van der Waals surface area contributed by atoms with Gasteiger partial charge in [-0.25, -0.2) is 0 Å². The summed E-state index contributed by atoms with van der Waals surface area (Å²) in [6.45, 7) is 16.6. The fraction of sp³-hybridized carbons (Fsp3) is 1.00. The molecule has 6 heteroatoms. The smallest absolute Gasteiger partial charge is 0.0770 e. The van der Waals surface area contributed by atoms with Gasteiger partial charge in [0.2, 0.25) is 0 Å². The lowest BCUT2D eigenvalue weighted by molar-refractivity contribution is -0.896. The first-order valence-electron chi connectivity index (χ1n) is 13.9. The van der Waals surface area contributed by atoms with E-state index in [-0.39, 0.29) is 0 Å². The molecule has 0 aromatic rings. The quantitative estimate of drug-likeness (QED) is 0.0852. The summed E-state index contributed by atoms with van der Waals surface area (Å²) in [5.41, 5.74) is -2.40. The molecule has 0 saturated heterocycles. The maximum atomic E-state index is 5.60. The van der Waals surface area contributed by atoms with Crippen LogP contribution in [0, 0.1) is 0 Å². The number of quaternary nitrogens is 1. The van der Waals surface area contributed by atoms with Crippen molar-refractivity contribution < 1.29 is 13.9 Å². The van der Waals surface area contributed by atoms with E-state index in [2.05, 4.69) is 34.6 Å². The third-order valence-corrected chi connectivity index (χ3v) is 8.14. The van der Waals surface area contributed by atoms with Crippen LogP contribution in [-0.2, 0) is 33.1 Å². The molecule has 0 amide bonds. The highest BCUT2D eigenvalue weighted by molar-refractivity contribution is 8.51. The molecule has 196 valence electrons. The van der Waals surface area contributed by atoms with Gasteiger partial charge in [0.25, 0.3) is 0 Å². The van der Waals surface area contributed by atoms with Crippen LogP contribution in [0.3, 0.4) is 0 Å². The van der Waals surface area contributed by atoms with Crippen molar-refractivity contribution in [1.29, 1.82) is 0 Å². The van der Waals surface area contributed by atoms with E-state index < -0.39 is 5.69 Å². The molecule has 0 atom stereocenters. The van der Waals surface area contributed by atoms with E-state index in [1.54, 1.807) is 4.90 Å². The zero-order chi connectivity index (χ0) is 24.3. The van der Waals surface area contributed by atoms with Crippen molar-refractivity contribution in [2.75, 3.05) is 32.8 Å². The second kappa shape index (κ2) is 28.1. The van der Waals surface area contributed by atoms with Crippen LogP contribution < -0.4 is 4.90 Å². The Morgan fingerprint density at radius 3 is 1.28 bits per heavy atom. The van der Waals surface area contributed by atoms with Gasteiger partial charge in [-0.2, -0.15) is 0 Å². The summed E-state index contributed by atoms with van der Waals surface area (Å²) in [6, 6.07) is 0. The SMILES string of the molecule is CCCCCCCCOP(=S)([S-])OCCCCCCCC.CCCCCC[NH+](CC)CC. The topological polar surface area (TPSA) is 22.9 Å². The molecule has 0 rings (SSSR count). The first-order valence-corrected chi connectivity index (χ1v) is 17.6. The van der Waals surface area contributed by atoms with Gasteiger partial charge >= 0.3 is 0 Å². The maximum absolute atomic E-state index is 5.60. The molecule has 0 saturated carbocycles. The Balaban J connectivity index is 0. The molecule has 0 spiro atoms. The summed E-state index contributed by atoms with van der Waals surface area (Å²) in [5, 5.41) is 0. The summed E-state index contributed by atoms with van der Waals surface area (Å²) >= 11 is 10.5. The minimum absolute atomic E-state index is 0.670. The van der Waals surface area contributed by atoms with E-state index >= 15 is 0 Å². The number of rotatable bonds is 23. The van der Waals surface area contributed by atoms with E-state index in [1.807, 2.05) is 0 Å². The molecule has 0 aliphatic rings. The Labute approximate surface area is 213 Å². The van der Waals surface area contributed by atoms with Crippen molar-refractivity contribution in [1.82, 2.24) is 0 Å². The van der Waals surface area contributed by atoms with Crippen molar-refractivity contribution in [3.8, 4) is 0 Å². The average Bonchev–Trinajstić information content (AvgIpc) is 2.78. The Morgan fingerprint density at radius 2 is 0.906 bits per heavy atom. The lowest BCUT2D eigenvalue weighted by Crippen LogP contribution is -3.11. The third kappa shape index (κ3) is 28.9.